The molecule has 0 unspecified atom stereocenters. The summed E-state index contributed by atoms with van der Waals surface area (Å²) in [5, 5.41) is 0.881. The molecule has 0 bridgehead atoms. The minimum absolute atomic E-state index is 0.144. The molecule has 2 N–H and O–H groups in total. The highest BCUT2D eigenvalue weighted by atomic mass is 35.5. The number of hydrogen-bond donors (Lipinski definition) is 1. The van der Waals surface area contributed by atoms with Gasteiger partial charge in [0.25, 0.3) is 0 Å². The van der Waals surface area contributed by atoms with Crippen LogP contribution in [0.4, 0.5) is 0 Å². The van der Waals surface area contributed by atoms with Crippen molar-refractivity contribution in [2.24, 2.45) is 5.73 Å². The lowest BCUT2D eigenvalue weighted by molar-refractivity contribution is 0.609. The van der Waals surface area contributed by atoms with E-state index in [2.05, 4.69) is 26.0 Å². The highest BCUT2D eigenvalue weighted by Gasteiger charge is 2.37. The van der Waals surface area contributed by atoms with E-state index in [1.807, 2.05) is 0 Å². The van der Waals surface area contributed by atoms with Crippen LogP contribution in [0.5, 0.6) is 0 Å². The normalized spacial score (nSPS) is 17.9. The zero-order valence-corrected chi connectivity index (χ0v) is 10.2. The topological polar surface area (TPSA) is 26.0 Å². The van der Waals surface area contributed by atoms with E-state index in [4.69, 9.17) is 17.3 Å². The molecule has 0 radical (unpaired) electrons. The Labute approximate surface area is 96.6 Å². The molecule has 1 aliphatic carbocycles. The Kier molecular flexibility index (Phi) is 2.78. The number of nitrogens with two attached hydrogens (primary N) is 1. The molecule has 2 rings (SSSR count). The van der Waals surface area contributed by atoms with Crippen LogP contribution in [-0.4, -0.2) is 5.54 Å². The van der Waals surface area contributed by atoms with Crippen molar-refractivity contribution >= 4 is 11.6 Å². The Morgan fingerprint density at radius 2 is 2.00 bits per heavy atom. The summed E-state index contributed by atoms with van der Waals surface area (Å²) in [5.41, 5.74) is 10.00. The summed E-state index contributed by atoms with van der Waals surface area (Å²) in [6.45, 7) is 4.17. The molecule has 1 fully saturated rings. The molecule has 15 heavy (non-hydrogen) atoms. The van der Waals surface area contributed by atoms with Gasteiger partial charge in [-0.2, -0.15) is 0 Å². The third kappa shape index (κ3) is 2.53. The fourth-order valence-electron chi connectivity index (χ4n) is 1.84. The first-order chi connectivity index (χ1) is 7.00. The number of rotatable bonds is 3. The zero-order chi connectivity index (χ0) is 11.1. The van der Waals surface area contributed by atoms with Crippen molar-refractivity contribution in [2.45, 2.75) is 45.1 Å². The van der Waals surface area contributed by atoms with E-state index in [1.165, 1.54) is 29.5 Å². The molecule has 0 aromatic heterocycles. The van der Waals surface area contributed by atoms with Crippen LogP contribution in [-0.2, 0) is 6.42 Å². The first-order valence-corrected chi connectivity index (χ1v) is 5.92. The summed E-state index contributed by atoms with van der Waals surface area (Å²) in [7, 11) is 0. The molecule has 0 saturated heterocycles. The van der Waals surface area contributed by atoms with Crippen molar-refractivity contribution in [3.8, 4) is 0 Å². The van der Waals surface area contributed by atoms with Gasteiger partial charge in [-0.1, -0.05) is 17.7 Å². The van der Waals surface area contributed by atoms with Crippen molar-refractivity contribution in [1.29, 1.82) is 0 Å². The Morgan fingerprint density at radius 1 is 1.33 bits per heavy atom. The lowest BCUT2D eigenvalue weighted by atomic mass is 10.0. The molecular formula is C13H18ClN. The second-order valence-corrected chi connectivity index (χ2v) is 5.29. The molecule has 0 heterocycles. The first-order valence-electron chi connectivity index (χ1n) is 5.55. The van der Waals surface area contributed by atoms with Gasteiger partial charge in [0.15, 0.2) is 0 Å². The average molecular weight is 224 g/mol. The third-order valence-corrected chi connectivity index (χ3v) is 3.86. The largest absolute Gasteiger partial charge is 0.325 e. The summed E-state index contributed by atoms with van der Waals surface area (Å²) in [5.74, 6) is 0. The van der Waals surface area contributed by atoms with Crippen LogP contribution in [0.3, 0.4) is 0 Å². The minimum Gasteiger partial charge on any atom is -0.325 e. The van der Waals surface area contributed by atoms with Gasteiger partial charge in [0.2, 0.25) is 0 Å². The van der Waals surface area contributed by atoms with Crippen molar-refractivity contribution in [3.05, 3.63) is 33.8 Å². The number of benzene rings is 1. The molecule has 82 valence electrons. The van der Waals surface area contributed by atoms with E-state index < -0.39 is 0 Å². The number of aryl methyl sites for hydroxylation is 2. The maximum atomic E-state index is 6.15. The van der Waals surface area contributed by atoms with Crippen LogP contribution >= 0.6 is 11.6 Å². The maximum absolute atomic E-state index is 6.15. The molecule has 0 aliphatic heterocycles. The van der Waals surface area contributed by atoms with E-state index >= 15 is 0 Å². The summed E-state index contributed by atoms with van der Waals surface area (Å²) < 4.78 is 0. The predicted molar refractivity (Wildman–Crippen MR) is 65.4 cm³/mol. The molecule has 0 atom stereocenters. The lowest BCUT2D eigenvalue weighted by Gasteiger charge is -2.10. The maximum Gasteiger partial charge on any atom is 0.0440 e. The summed E-state index contributed by atoms with van der Waals surface area (Å²) in [4.78, 5) is 0. The molecule has 2 heteroatoms. The lowest BCUT2D eigenvalue weighted by Crippen LogP contribution is -2.22. The molecule has 1 aromatic carbocycles. The van der Waals surface area contributed by atoms with E-state index in [0.717, 1.165) is 17.9 Å². The van der Waals surface area contributed by atoms with Gasteiger partial charge < -0.3 is 5.73 Å². The SMILES string of the molecule is Cc1cc(CCC2(N)CC2)cc(Cl)c1C. The summed E-state index contributed by atoms with van der Waals surface area (Å²) in [6, 6.07) is 4.31. The molecular weight excluding hydrogens is 206 g/mol. The van der Waals surface area contributed by atoms with Gasteiger partial charge in [-0.25, -0.2) is 0 Å². The molecule has 1 aliphatic rings. The molecule has 1 aromatic rings. The summed E-state index contributed by atoms with van der Waals surface area (Å²) >= 11 is 6.15. The van der Waals surface area contributed by atoms with Gasteiger partial charge in [-0.05, 0) is 62.3 Å². The molecule has 1 nitrogen and oxygen atoms in total. The monoisotopic (exact) mass is 223 g/mol. The fourth-order valence-corrected chi connectivity index (χ4v) is 2.12. The van der Waals surface area contributed by atoms with Crippen LogP contribution in [0.25, 0.3) is 0 Å². The molecule has 0 amide bonds. The van der Waals surface area contributed by atoms with E-state index in [0.29, 0.717) is 0 Å². The fraction of sp³-hybridized carbons (Fsp3) is 0.538. The smallest absolute Gasteiger partial charge is 0.0440 e. The van der Waals surface area contributed by atoms with Crippen molar-refractivity contribution < 1.29 is 0 Å². The Hall–Kier alpha value is -0.530. The molecule has 0 spiro atoms. The highest BCUT2D eigenvalue weighted by molar-refractivity contribution is 6.31. The standard InChI is InChI=1S/C13H18ClN/c1-9-7-11(8-12(14)10(9)2)3-4-13(15)5-6-13/h7-8H,3-6,15H2,1-2H3. The van der Waals surface area contributed by atoms with Crippen LogP contribution in [0, 0.1) is 13.8 Å². The second-order valence-electron chi connectivity index (χ2n) is 4.88. The number of halogens is 1. The van der Waals surface area contributed by atoms with Crippen molar-refractivity contribution in [3.63, 3.8) is 0 Å². The Balaban J connectivity index is 2.08. The van der Waals surface area contributed by atoms with Crippen molar-refractivity contribution in [2.75, 3.05) is 0 Å². The van der Waals surface area contributed by atoms with Gasteiger partial charge in [-0.15, -0.1) is 0 Å². The molecule has 1 saturated carbocycles. The van der Waals surface area contributed by atoms with Gasteiger partial charge in [0.05, 0.1) is 0 Å². The van der Waals surface area contributed by atoms with E-state index in [9.17, 15) is 0 Å². The number of hydrogen-bond acceptors (Lipinski definition) is 1. The van der Waals surface area contributed by atoms with Crippen LogP contribution in [0.15, 0.2) is 12.1 Å². The van der Waals surface area contributed by atoms with Gasteiger partial charge >= 0.3 is 0 Å². The second kappa shape index (κ2) is 3.80. The Morgan fingerprint density at radius 3 is 2.53 bits per heavy atom. The quantitative estimate of drug-likeness (QED) is 0.836. The minimum atomic E-state index is 0.144. The Bertz CT molecular complexity index is 357. The van der Waals surface area contributed by atoms with Gasteiger partial charge in [-0.3, -0.25) is 0 Å². The van der Waals surface area contributed by atoms with Crippen molar-refractivity contribution in [1.82, 2.24) is 0 Å². The average Bonchev–Trinajstić information content (AvgIpc) is 2.90. The third-order valence-electron chi connectivity index (χ3n) is 3.47. The van der Waals surface area contributed by atoms with Gasteiger partial charge in [0, 0.05) is 10.6 Å². The van der Waals surface area contributed by atoms with Gasteiger partial charge in [0.1, 0.15) is 0 Å². The van der Waals surface area contributed by atoms with Crippen LogP contribution in [0.1, 0.15) is 36.0 Å². The predicted octanol–water partition coefficient (Wildman–Crippen LogP) is 3.38. The first kappa shape index (κ1) is 11.0. The van der Waals surface area contributed by atoms with E-state index in [1.54, 1.807) is 0 Å². The van der Waals surface area contributed by atoms with Crippen LogP contribution in [0.2, 0.25) is 5.02 Å². The van der Waals surface area contributed by atoms with E-state index in [-0.39, 0.29) is 5.54 Å². The highest BCUT2D eigenvalue weighted by Crippen LogP contribution is 2.36. The summed E-state index contributed by atoms with van der Waals surface area (Å²) in [6.07, 6.45) is 4.51. The zero-order valence-electron chi connectivity index (χ0n) is 9.44. The van der Waals surface area contributed by atoms with Crippen LogP contribution < -0.4 is 5.73 Å².